The highest BCUT2D eigenvalue weighted by Crippen LogP contribution is 2.31. The van der Waals surface area contributed by atoms with Gasteiger partial charge in [-0.05, 0) is 32.2 Å². The maximum atomic E-state index is 10.9. The topological polar surface area (TPSA) is 78.4 Å². The van der Waals surface area contributed by atoms with Crippen LogP contribution in [0.15, 0.2) is 0 Å². The van der Waals surface area contributed by atoms with Crippen molar-refractivity contribution in [1.29, 1.82) is 0 Å². The van der Waals surface area contributed by atoms with Crippen LogP contribution in [0.4, 0.5) is 0 Å². The van der Waals surface area contributed by atoms with Gasteiger partial charge in [0.1, 0.15) is 5.54 Å². The second kappa shape index (κ2) is 5.11. The maximum absolute atomic E-state index is 10.9. The molecular weight excluding hydrogens is 196 g/mol. The molecule has 0 saturated heterocycles. The van der Waals surface area contributed by atoms with Gasteiger partial charge in [-0.15, -0.1) is 0 Å². The molecule has 0 unspecified atom stereocenters. The molecule has 0 aromatic heterocycles. The lowest BCUT2D eigenvalue weighted by atomic mass is 9.77. The monoisotopic (exact) mass is 214 g/mol. The third kappa shape index (κ3) is 2.92. The average Bonchev–Trinajstić information content (AvgIpc) is 2.14. The molecule has 0 spiro atoms. The van der Waals surface area contributed by atoms with Crippen LogP contribution in [0.25, 0.3) is 0 Å². The standard InChI is InChI=1S/C10H18N2O3/c1-11-8(13)4-2-7-12-10(9(14)15)5-3-6-10/h12H,2-7H2,1H3,(H,11,13)(H,14,15). The lowest BCUT2D eigenvalue weighted by Gasteiger charge is -2.38. The predicted molar refractivity (Wildman–Crippen MR) is 55.5 cm³/mol. The minimum absolute atomic E-state index is 0.00483. The lowest BCUT2D eigenvalue weighted by Crippen LogP contribution is -2.57. The molecule has 0 aliphatic heterocycles. The Morgan fingerprint density at radius 2 is 2.07 bits per heavy atom. The van der Waals surface area contributed by atoms with Gasteiger partial charge >= 0.3 is 5.97 Å². The van der Waals surface area contributed by atoms with Gasteiger partial charge in [-0.1, -0.05) is 0 Å². The number of hydrogen-bond donors (Lipinski definition) is 3. The smallest absolute Gasteiger partial charge is 0.323 e. The van der Waals surface area contributed by atoms with Crippen molar-refractivity contribution in [3.05, 3.63) is 0 Å². The summed E-state index contributed by atoms with van der Waals surface area (Å²) < 4.78 is 0. The minimum Gasteiger partial charge on any atom is -0.480 e. The van der Waals surface area contributed by atoms with Crippen LogP contribution in [-0.4, -0.2) is 36.1 Å². The van der Waals surface area contributed by atoms with E-state index in [4.69, 9.17) is 5.11 Å². The van der Waals surface area contributed by atoms with Gasteiger partial charge in [-0.3, -0.25) is 9.59 Å². The molecule has 0 aromatic rings. The summed E-state index contributed by atoms with van der Waals surface area (Å²) in [5.41, 5.74) is -0.706. The molecule has 86 valence electrons. The fraction of sp³-hybridized carbons (Fsp3) is 0.800. The van der Waals surface area contributed by atoms with E-state index in [2.05, 4.69) is 10.6 Å². The maximum Gasteiger partial charge on any atom is 0.323 e. The molecule has 1 fully saturated rings. The first-order valence-electron chi connectivity index (χ1n) is 5.30. The van der Waals surface area contributed by atoms with E-state index >= 15 is 0 Å². The largest absolute Gasteiger partial charge is 0.480 e. The van der Waals surface area contributed by atoms with E-state index in [9.17, 15) is 9.59 Å². The van der Waals surface area contributed by atoms with E-state index in [1.54, 1.807) is 7.05 Å². The summed E-state index contributed by atoms with van der Waals surface area (Å²) in [6, 6.07) is 0. The molecule has 1 amide bonds. The molecule has 1 aliphatic rings. The molecule has 0 aromatic carbocycles. The molecule has 5 nitrogen and oxygen atoms in total. The van der Waals surface area contributed by atoms with E-state index in [0.29, 0.717) is 32.2 Å². The van der Waals surface area contributed by atoms with Crippen LogP contribution in [0, 0.1) is 0 Å². The fourth-order valence-corrected chi connectivity index (χ4v) is 1.70. The SMILES string of the molecule is CNC(=O)CCCNC1(C(=O)O)CCC1. The molecular formula is C10H18N2O3. The Balaban J connectivity index is 2.19. The second-order valence-corrected chi connectivity index (χ2v) is 3.94. The highest BCUT2D eigenvalue weighted by atomic mass is 16.4. The Hall–Kier alpha value is -1.10. The first kappa shape index (κ1) is 12.0. The van der Waals surface area contributed by atoms with Crippen molar-refractivity contribution >= 4 is 11.9 Å². The molecule has 1 saturated carbocycles. The van der Waals surface area contributed by atoms with E-state index in [0.717, 1.165) is 6.42 Å². The minimum atomic E-state index is -0.770. The number of nitrogens with one attached hydrogen (secondary N) is 2. The summed E-state index contributed by atoms with van der Waals surface area (Å²) in [5.74, 6) is -0.775. The molecule has 3 N–H and O–H groups in total. The van der Waals surface area contributed by atoms with Crippen LogP contribution in [0.1, 0.15) is 32.1 Å². The van der Waals surface area contributed by atoms with Crippen molar-refractivity contribution in [2.24, 2.45) is 0 Å². The number of carbonyl (C=O) groups is 2. The van der Waals surface area contributed by atoms with Gasteiger partial charge in [0.15, 0.2) is 0 Å². The van der Waals surface area contributed by atoms with Crippen LogP contribution < -0.4 is 10.6 Å². The summed E-state index contributed by atoms with van der Waals surface area (Å²) in [7, 11) is 1.60. The van der Waals surface area contributed by atoms with Crippen molar-refractivity contribution in [3.63, 3.8) is 0 Å². The Labute approximate surface area is 89.2 Å². The number of amides is 1. The van der Waals surface area contributed by atoms with Crippen molar-refractivity contribution < 1.29 is 14.7 Å². The average molecular weight is 214 g/mol. The second-order valence-electron chi connectivity index (χ2n) is 3.94. The fourth-order valence-electron chi connectivity index (χ4n) is 1.70. The van der Waals surface area contributed by atoms with Crippen LogP contribution in [0.3, 0.4) is 0 Å². The highest BCUT2D eigenvalue weighted by molar-refractivity contribution is 5.80. The van der Waals surface area contributed by atoms with Crippen molar-refractivity contribution in [2.75, 3.05) is 13.6 Å². The van der Waals surface area contributed by atoms with Gasteiger partial charge in [0.25, 0.3) is 0 Å². The summed E-state index contributed by atoms with van der Waals surface area (Å²) in [5, 5.41) is 14.6. The van der Waals surface area contributed by atoms with Gasteiger partial charge in [-0.2, -0.15) is 0 Å². The summed E-state index contributed by atoms with van der Waals surface area (Å²) in [6.07, 6.45) is 3.48. The number of hydrogen-bond acceptors (Lipinski definition) is 3. The van der Waals surface area contributed by atoms with E-state index in [1.165, 1.54) is 0 Å². The third-order valence-corrected chi connectivity index (χ3v) is 2.94. The van der Waals surface area contributed by atoms with Crippen molar-refractivity contribution in [3.8, 4) is 0 Å². The number of carboxylic acid groups (broad SMARTS) is 1. The zero-order valence-corrected chi connectivity index (χ0v) is 9.01. The van der Waals surface area contributed by atoms with Crippen LogP contribution in [0.5, 0.6) is 0 Å². The van der Waals surface area contributed by atoms with Crippen LogP contribution >= 0.6 is 0 Å². The normalized spacial score (nSPS) is 17.9. The van der Waals surface area contributed by atoms with E-state index < -0.39 is 11.5 Å². The lowest BCUT2D eigenvalue weighted by molar-refractivity contribution is -0.148. The molecule has 15 heavy (non-hydrogen) atoms. The first-order chi connectivity index (χ1) is 7.10. The van der Waals surface area contributed by atoms with E-state index in [-0.39, 0.29) is 5.91 Å². The highest BCUT2D eigenvalue weighted by Gasteiger charge is 2.43. The number of carbonyl (C=O) groups excluding carboxylic acids is 1. The number of carboxylic acids is 1. The van der Waals surface area contributed by atoms with Crippen LogP contribution in [0.2, 0.25) is 0 Å². The van der Waals surface area contributed by atoms with Gasteiger partial charge in [0, 0.05) is 13.5 Å². The molecule has 0 bridgehead atoms. The summed E-state index contributed by atoms with van der Waals surface area (Å²) in [6.45, 7) is 0.583. The van der Waals surface area contributed by atoms with Gasteiger partial charge < -0.3 is 15.7 Å². The van der Waals surface area contributed by atoms with Crippen LogP contribution in [-0.2, 0) is 9.59 Å². The van der Waals surface area contributed by atoms with Crippen molar-refractivity contribution in [2.45, 2.75) is 37.6 Å². The Morgan fingerprint density at radius 1 is 1.40 bits per heavy atom. The predicted octanol–water partition coefficient (Wildman–Crippen LogP) is 0.109. The van der Waals surface area contributed by atoms with Gasteiger partial charge in [-0.25, -0.2) is 0 Å². The molecule has 0 heterocycles. The molecule has 0 radical (unpaired) electrons. The summed E-state index contributed by atoms with van der Waals surface area (Å²) >= 11 is 0. The van der Waals surface area contributed by atoms with Crippen molar-refractivity contribution in [1.82, 2.24) is 10.6 Å². The van der Waals surface area contributed by atoms with Gasteiger partial charge in [0.2, 0.25) is 5.91 Å². The first-order valence-corrected chi connectivity index (χ1v) is 5.30. The molecule has 5 heteroatoms. The zero-order valence-electron chi connectivity index (χ0n) is 9.01. The Bertz CT molecular complexity index is 249. The summed E-state index contributed by atoms with van der Waals surface area (Å²) in [4.78, 5) is 21.8. The number of aliphatic carboxylic acids is 1. The molecule has 0 atom stereocenters. The quantitative estimate of drug-likeness (QED) is 0.548. The molecule has 1 aliphatic carbocycles. The number of rotatable bonds is 6. The van der Waals surface area contributed by atoms with E-state index in [1.807, 2.05) is 0 Å². The third-order valence-electron chi connectivity index (χ3n) is 2.94. The van der Waals surface area contributed by atoms with Gasteiger partial charge in [0.05, 0.1) is 0 Å². The Kier molecular flexibility index (Phi) is 4.08. The molecule has 1 rings (SSSR count). The Morgan fingerprint density at radius 3 is 2.47 bits per heavy atom. The zero-order chi connectivity index (χ0) is 11.3.